The number of nitrogens with two attached hydrogens (primary N) is 1. The number of hydrogen-bond donors (Lipinski definition) is 4. The minimum atomic E-state index is -1.33. The van der Waals surface area contributed by atoms with Gasteiger partial charge in [0.2, 0.25) is 0 Å². The maximum Gasteiger partial charge on any atom is 0.353 e. The minimum Gasteiger partial charge on any atom is -0.477 e. The van der Waals surface area contributed by atoms with Crippen molar-refractivity contribution in [3.8, 4) is 11.1 Å². The third kappa shape index (κ3) is 3.16. The molecule has 0 amide bonds. The molecule has 0 fully saturated rings. The van der Waals surface area contributed by atoms with Crippen molar-refractivity contribution in [3.05, 3.63) is 87.6 Å². The van der Waals surface area contributed by atoms with Gasteiger partial charge in [-0.25, -0.2) is 13.6 Å². The van der Waals surface area contributed by atoms with Gasteiger partial charge in [-0.1, -0.05) is 0 Å². The molecule has 5 aromatic rings. The zero-order chi connectivity index (χ0) is 23.4. The molecule has 5 rings (SSSR count). The molecule has 0 radical (unpaired) electrons. The van der Waals surface area contributed by atoms with Crippen molar-refractivity contribution in [2.75, 3.05) is 5.73 Å². The van der Waals surface area contributed by atoms with Gasteiger partial charge < -0.3 is 25.4 Å². The number of hydrogen-bond acceptors (Lipinski definition) is 3. The largest absolute Gasteiger partial charge is 0.477 e. The van der Waals surface area contributed by atoms with Gasteiger partial charge in [-0.15, -0.1) is 0 Å². The molecular weight excluding hydrogens is 430 g/mol. The Morgan fingerprint density at radius 1 is 1.12 bits per heavy atom. The summed E-state index contributed by atoms with van der Waals surface area (Å²) in [5.74, 6) is -2.45. The summed E-state index contributed by atoms with van der Waals surface area (Å²) in [6.45, 7) is 1.34. The number of fused-ring (bicyclic) bond motifs is 2. The third-order valence-corrected chi connectivity index (χ3v) is 5.84. The Kier molecular flexibility index (Phi) is 4.56. The second-order valence-corrected chi connectivity index (χ2v) is 7.88. The molecule has 0 spiro atoms. The molecule has 0 saturated carbocycles. The number of halogens is 2. The highest BCUT2D eigenvalue weighted by Gasteiger charge is 2.26. The molecule has 0 aliphatic carbocycles. The van der Waals surface area contributed by atoms with E-state index in [4.69, 9.17) is 5.73 Å². The lowest BCUT2D eigenvalue weighted by atomic mass is 10.0. The molecule has 33 heavy (non-hydrogen) atoms. The van der Waals surface area contributed by atoms with Crippen LogP contribution in [0.1, 0.15) is 21.6 Å². The van der Waals surface area contributed by atoms with Gasteiger partial charge in [0.05, 0.1) is 23.3 Å². The molecule has 0 unspecified atom stereocenters. The van der Waals surface area contributed by atoms with Crippen LogP contribution in [0.2, 0.25) is 0 Å². The van der Waals surface area contributed by atoms with Gasteiger partial charge >= 0.3 is 5.97 Å². The van der Waals surface area contributed by atoms with Gasteiger partial charge in [-0.3, -0.25) is 4.79 Å². The number of nitrogens with one attached hydrogen (secondary N) is 2. The first-order valence-corrected chi connectivity index (χ1v) is 10.0. The Bertz CT molecular complexity index is 1650. The van der Waals surface area contributed by atoms with Crippen LogP contribution in [0.4, 0.5) is 14.5 Å². The van der Waals surface area contributed by atoms with E-state index in [9.17, 15) is 23.5 Å². The Labute approximate surface area is 185 Å². The first-order chi connectivity index (χ1) is 15.8. The zero-order valence-electron chi connectivity index (χ0n) is 17.4. The summed E-state index contributed by atoms with van der Waals surface area (Å²) in [7, 11) is 0. The molecule has 9 heteroatoms. The van der Waals surface area contributed by atoms with Crippen LogP contribution in [0.25, 0.3) is 32.9 Å². The normalized spacial score (nSPS) is 11.5. The standard InChI is InChI=1S/C24H18F2N4O3/c1-11-5-15-20(8-16(11)25)30(10-12-6-14-18(27)9-29-19(14)7-17(12)26)22(24(32)33)21(15)13-3-2-4-28-23(13)31/h2-9,29H,10,27H2,1H3,(H,28,31)(H,32,33). The van der Waals surface area contributed by atoms with Crippen molar-refractivity contribution in [1.82, 2.24) is 14.5 Å². The quantitative estimate of drug-likeness (QED) is 0.326. The number of aromatic amines is 2. The molecule has 5 N–H and O–H groups in total. The lowest BCUT2D eigenvalue weighted by Gasteiger charge is -2.11. The molecule has 0 aliphatic rings. The number of carbonyl (C=O) groups is 1. The number of carboxylic acid groups (broad SMARTS) is 1. The van der Waals surface area contributed by atoms with E-state index in [2.05, 4.69) is 9.97 Å². The number of aryl methyl sites for hydroxylation is 1. The first kappa shape index (κ1) is 20.5. The van der Waals surface area contributed by atoms with Crippen molar-refractivity contribution < 1.29 is 18.7 Å². The van der Waals surface area contributed by atoms with E-state index in [-0.39, 0.29) is 40.0 Å². The van der Waals surface area contributed by atoms with Gasteiger partial charge in [0.15, 0.2) is 0 Å². The number of nitrogen functional groups attached to an aromatic ring is 1. The molecule has 0 aliphatic heterocycles. The van der Waals surface area contributed by atoms with Crippen molar-refractivity contribution in [3.63, 3.8) is 0 Å². The number of pyridine rings is 1. The molecule has 7 nitrogen and oxygen atoms in total. The number of nitrogens with zero attached hydrogens (tertiary/aromatic N) is 1. The summed E-state index contributed by atoms with van der Waals surface area (Å²) in [6.07, 6.45) is 2.97. The summed E-state index contributed by atoms with van der Waals surface area (Å²) < 4.78 is 30.8. The highest BCUT2D eigenvalue weighted by atomic mass is 19.1. The maximum absolute atomic E-state index is 14.9. The molecule has 0 bridgehead atoms. The summed E-state index contributed by atoms with van der Waals surface area (Å²) >= 11 is 0. The Balaban J connectivity index is 1.85. The highest BCUT2D eigenvalue weighted by Crippen LogP contribution is 2.36. The summed E-state index contributed by atoms with van der Waals surface area (Å²) in [5.41, 5.74) is 7.09. The van der Waals surface area contributed by atoms with Crippen LogP contribution in [-0.4, -0.2) is 25.6 Å². The van der Waals surface area contributed by atoms with E-state index in [0.29, 0.717) is 22.0 Å². The van der Waals surface area contributed by atoms with E-state index in [1.54, 1.807) is 19.2 Å². The first-order valence-electron chi connectivity index (χ1n) is 10.0. The summed E-state index contributed by atoms with van der Waals surface area (Å²) in [6, 6.07) is 8.59. The Hall–Kier alpha value is -4.40. The predicted molar refractivity (Wildman–Crippen MR) is 121 cm³/mol. The van der Waals surface area contributed by atoms with Crippen LogP contribution in [-0.2, 0) is 6.54 Å². The second kappa shape index (κ2) is 7.33. The van der Waals surface area contributed by atoms with Crippen molar-refractivity contribution >= 4 is 33.5 Å². The van der Waals surface area contributed by atoms with Crippen molar-refractivity contribution in [2.24, 2.45) is 0 Å². The molecular formula is C24H18F2N4O3. The van der Waals surface area contributed by atoms with Gasteiger partial charge in [-0.2, -0.15) is 0 Å². The molecule has 166 valence electrons. The predicted octanol–water partition coefficient (Wildman–Crippen LogP) is 4.39. The van der Waals surface area contributed by atoms with Gasteiger partial charge in [0.25, 0.3) is 5.56 Å². The number of H-pyrrole nitrogens is 2. The fourth-order valence-corrected chi connectivity index (χ4v) is 4.26. The number of aromatic nitrogens is 3. The van der Waals surface area contributed by atoms with Crippen LogP contribution < -0.4 is 11.3 Å². The Morgan fingerprint density at radius 2 is 1.91 bits per heavy atom. The van der Waals surface area contributed by atoms with Gasteiger partial charge in [0, 0.05) is 39.9 Å². The van der Waals surface area contributed by atoms with Crippen LogP contribution in [0, 0.1) is 18.6 Å². The lowest BCUT2D eigenvalue weighted by molar-refractivity contribution is 0.0687. The van der Waals surface area contributed by atoms with E-state index in [1.165, 1.54) is 41.1 Å². The third-order valence-electron chi connectivity index (χ3n) is 5.84. The molecule has 0 saturated heterocycles. The molecule has 2 aromatic carbocycles. The monoisotopic (exact) mass is 448 g/mol. The molecule has 0 atom stereocenters. The van der Waals surface area contributed by atoms with Crippen LogP contribution in [0.5, 0.6) is 0 Å². The average molecular weight is 448 g/mol. The topological polar surface area (TPSA) is 117 Å². The fraction of sp³-hybridized carbons (Fsp3) is 0.0833. The summed E-state index contributed by atoms with van der Waals surface area (Å²) in [4.78, 5) is 30.4. The van der Waals surface area contributed by atoms with Gasteiger partial charge in [0.1, 0.15) is 17.3 Å². The lowest BCUT2D eigenvalue weighted by Crippen LogP contribution is -2.14. The smallest absolute Gasteiger partial charge is 0.353 e. The molecule has 3 heterocycles. The van der Waals surface area contributed by atoms with Crippen molar-refractivity contribution in [2.45, 2.75) is 13.5 Å². The number of aromatic carboxylic acids is 1. The Morgan fingerprint density at radius 3 is 2.64 bits per heavy atom. The SMILES string of the molecule is Cc1cc2c(-c3ccc[nH]c3=O)c(C(=O)O)n(Cc3cc4c(N)c[nH]c4cc3F)c2cc1F. The number of carboxylic acids is 1. The van der Waals surface area contributed by atoms with Crippen molar-refractivity contribution in [1.29, 1.82) is 0 Å². The van der Waals surface area contributed by atoms with Crippen LogP contribution in [0.15, 0.2) is 53.6 Å². The fourth-order valence-electron chi connectivity index (χ4n) is 4.26. The van der Waals surface area contributed by atoms with Crippen LogP contribution >= 0.6 is 0 Å². The highest BCUT2D eigenvalue weighted by molar-refractivity contribution is 6.08. The second-order valence-electron chi connectivity index (χ2n) is 7.88. The number of rotatable bonds is 4. The van der Waals surface area contributed by atoms with E-state index >= 15 is 0 Å². The average Bonchev–Trinajstić information content (AvgIpc) is 3.27. The van der Waals surface area contributed by atoms with Crippen LogP contribution in [0.3, 0.4) is 0 Å². The van der Waals surface area contributed by atoms with E-state index in [0.717, 1.165) is 0 Å². The van der Waals surface area contributed by atoms with E-state index < -0.39 is 23.2 Å². The summed E-state index contributed by atoms with van der Waals surface area (Å²) in [5, 5.41) is 11.1. The maximum atomic E-state index is 14.9. The van der Waals surface area contributed by atoms with E-state index in [1.807, 2.05) is 0 Å². The number of benzene rings is 2. The minimum absolute atomic E-state index is 0.121. The van der Waals surface area contributed by atoms with Gasteiger partial charge in [-0.05, 0) is 48.9 Å². The number of anilines is 1. The molecule has 3 aromatic heterocycles. The zero-order valence-corrected chi connectivity index (χ0v) is 17.4.